The Labute approximate surface area is 287 Å². The van der Waals surface area contributed by atoms with E-state index in [4.69, 9.17) is 9.47 Å². The van der Waals surface area contributed by atoms with Gasteiger partial charge in [-0.05, 0) is 12.8 Å². The number of hydrogen-bond acceptors (Lipinski definition) is 8. The van der Waals surface area contributed by atoms with Crippen molar-refractivity contribution in [2.75, 3.05) is 13.2 Å². The highest BCUT2D eigenvalue weighted by Gasteiger charge is 2.44. The SMILES string of the molecule is CCCCCCCCCCCCCCCCC[C@@H](O)[C@H](CO[C@@H]1O[C@H](CO)[C@@H](O)C(O)C1O)NC(=O)CCCCCCCCCCC. The number of aliphatic hydroxyl groups excluding tert-OH is 5. The van der Waals surface area contributed by atoms with E-state index in [1.54, 1.807) is 0 Å². The summed E-state index contributed by atoms with van der Waals surface area (Å²) in [4.78, 5) is 12.8. The van der Waals surface area contributed by atoms with Gasteiger partial charge in [-0.1, -0.05) is 162 Å². The van der Waals surface area contributed by atoms with Crippen molar-refractivity contribution in [2.45, 2.75) is 224 Å². The second-order valence-electron chi connectivity index (χ2n) is 14.1. The van der Waals surface area contributed by atoms with Crippen LogP contribution in [0.1, 0.15) is 181 Å². The van der Waals surface area contributed by atoms with Crippen LogP contribution < -0.4 is 5.32 Å². The van der Waals surface area contributed by atoms with Crippen molar-refractivity contribution in [3.05, 3.63) is 0 Å². The maximum absolute atomic E-state index is 12.8. The number of carbonyl (C=O) groups is 1. The van der Waals surface area contributed by atoms with E-state index in [0.29, 0.717) is 12.8 Å². The number of rotatable bonds is 32. The predicted molar refractivity (Wildman–Crippen MR) is 189 cm³/mol. The third-order valence-corrected chi connectivity index (χ3v) is 9.71. The van der Waals surface area contributed by atoms with Gasteiger partial charge in [0, 0.05) is 6.42 Å². The number of nitrogens with one attached hydrogen (secondary N) is 1. The molecular weight excluding hydrogens is 598 g/mol. The fraction of sp³-hybridized carbons (Fsp3) is 0.974. The maximum Gasteiger partial charge on any atom is 0.220 e. The van der Waals surface area contributed by atoms with Gasteiger partial charge in [-0.25, -0.2) is 0 Å². The molecule has 1 aliphatic heterocycles. The van der Waals surface area contributed by atoms with Crippen molar-refractivity contribution in [2.24, 2.45) is 0 Å². The van der Waals surface area contributed by atoms with Crippen LogP contribution in [-0.2, 0) is 14.3 Å². The fourth-order valence-corrected chi connectivity index (χ4v) is 6.45. The Morgan fingerprint density at radius 2 is 1.06 bits per heavy atom. The zero-order chi connectivity index (χ0) is 34.5. The fourth-order valence-electron chi connectivity index (χ4n) is 6.45. The highest BCUT2D eigenvalue weighted by molar-refractivity contribution is 5.76. The largest absolute Gasteiger partial charge is 0.394 e. The summed E-state index contributed by atoms with van der Waals surface area (Å²) < 4.78 is 11.2. The minimum absolute atomic E-state index is 0.133. The van der Waals surface area contributed by atoms with Crippen LogP contribution in [0.4, 0.5) is 0 Å². The van der Waals surface area contributed by atoms with Crippen LogP contribution in [0.25, 0.3) is 0 Å². The van der Waals surface area contributed by atoms with Crippen LogP contribution in [0.5, 0.6) is 0 Å². The van der Waals surface area contributed by atoms with Gasteiger partial charge in [0.25, 0.3) is 0 Å². The minimum atomic E-state index is -1.55. The van der Waals surface area contributed by atoms with Crippen LogP contribution in [0.2, 0.25) is 0 Å². The molecule has 1 rings (SSSR count). The van der Waals surface area contributed by atoms with Crippen LogP contribution in [0, 0.1) is 0 Å². The molecule has 0 aromatic carbocycles. The molecule has 1 heterocycles. The lowest BCUT2D eigenvalue weighted by Gasteiger charge is -2.40. The minimum Gasteiger partial charge on any atom is -0.394 e. The number of aliphatic hydroxyl groups is 5. The molecule has 9 heteroatoms. The van der Waals surface area contributed by atoms with Crippen molar-refractivity contribution in [3.8, 4) is 0 Å². The summed E-state index contributed by atoms with van der Waals surface area (Å²) in [7, 11) is 0. The number of amides is 1. The second-order valence-corrected chi connectivity index (χ2v) is 14.1. The van der Waals surface area contributed by atoms with Gasteiger partial charge in [-0.15, -0.1) is 0 Å². The highest BCUT2D eigenvalue weighted by Crippen LogP contribution is 2.23. The van der Waals surface area contributed by atoms with Gasteiger partial charge in [0.2, 0.25) is 5.91 Å². The third kappa shape index (κ3) is 21.8. The number of carbonyl (C=O) groups excluding carboxylic acids is 1. The summed E-state index contributed by atoms with van der Waals surface area (Å²) >= 11 is 0. The molecule has 1 fully saturated rings. The molecule has 1 saturated heterocycles. The lowest BCUT2D eigenvalue weighted by Crippen LogP contribution is -2.60. The van der Waals surface area contributed by atoms with Crippen LogP contribution in [0.3, 0.4) is 0 Å². The first-order valence-corrected chi connectivity index (χ1v) is 19.7. The molecule has 0 spiro atoms. The molecule has 0 saturated carbocycles. The van der Waals surface area contributed by atoms with E-state index >= 15 is 0 Å². The van der Waals surface area contributed by atoms with E-state index in [1.807, 2.05) is 0 Å². The Morgan fingerprint density at radius 1 is 0.638 bits per heavy atom. The Hall–Kier alpha value is -0.810. The molecule has 2 unspecified atom stereocenters. The molecule has 47 heavy (non-hydrogen) atoms. The van der Waals surface area contributed by atoms with Crippen LogP contribution >= 0.6 is 0 Å². The average Bonchev–Trinajstić information content (AvgIpc) is 3.07. The van der Waals surface area contributed by atoms with Gasteiger partial charge in [-0.3, -0.25) is 4.79 Å². The molecule has 0 bridgehead atoms. The van der Waals surface area contributed by atoms with E-state index in [0.717, 1.165) is 38.5 Å². The summed E-state index contributed by atoms with van der Waals surface area (Å²) in [5, 5.41) is 54.0. The van der Waals surface area contributed by atoms with Crippen LogP contribution in [-0.4, -0.2) is 87.5 Å². The summed E-state index contributed by atoms with van der Waals surface area (Å²) in [5.74, 6) is -0.147. The van der Waals surface area contributed by atoms with E-state index in [9.17, 15) is 30.3 Å². The van der Waals surface area contributed by atoms with Gasteiger partial charge in [-0.2, -0.15) is 0 Å². The summed E-state index contributed by atoms with van der Waals surface area (Å²) in [6.07, 6.45) is 22.5. The molecule has 0 aliphatic carbocycles. The number of unbranched alkanes of at least 4 members (excludes halogenated alkanes) is 22. The zero-order valence-corrected chi connectivity index (χ0v) is 30.3. The van der Waals surface area contributed by atoms with E-state index < -0.39 is 49.5 Å². The lowest BCUT2D eigenvalue weighted by atomic mass is 9.99. The van der Waals surface area contributed by atoms with Crippen molar-refractivity contribution in [3.63, 3.8) is 0 Å². The molecule has 0 aromatic rings. The van der Waals surface area contributed by atoms with Crippen molar-refractivity contribution >= 4 is 5.91 Å². The normalized spacial score (nSPS) is 22.7. The average molecular weight is 674 g/mol. The topological polar surface area (TPSA) is 149 Å². The lowest BCUT2D eigenvalue weighted by molar-refractivity contribution is -0.302. The Kier molecular flexibility index (Phi) is 28.3. The molecule has 7 atom stereocenters. The van der Waals surface area contributed by atoms with E-state index in [-0.39, 0.29) is 12.5 Å². The number of ether oxygens (including phenoxy) is 2. The first-order chi connectivity index (χ1) is 22.8. The summed E-state index contributed by atoms with van der Waals surface area (Å²) in [6.45, 7) is 3.80. The quantitative estimate of drug-likeness (QED) is 0.0426. The zero-order valence-electron chi connectivity index (χ0n) is 30.3. The molecule has 1 aliphatic rings. The second kappa shape index (κ2) is 30.1. The number of hydrogen-bond donors (Lipinski definition) is 6. The van der Waals surface area contributed by atoms with Gasteiger partial charge < -0.3 is 40.3 Å². The molecule has 1 amide bonds. The Morgan fingerprint density at radius 3 is 1.51 bits per heavy atom. The van der Waals surface area contributed by atoms with Crippen LogP contribution in [0.15, 0.2) is 0 Å². The monoisotopic (exact) mass is 674 g/mol. The first-order valence-electron chi connectivity index (χ1n) is 19.7. The van der Waals surface area contributed by atoms with Gasteiger partial charge in [0.05, 0.1) is 25.4 Å². The van der Waals surface area contributed by atoms with Crippen molar-refractivity contribution in [1.82, 2.24) is 5.32 Å². The molecule has 0 aromatic heterocycles. The van der Waals surface area contributed by atoms with Crippen molar-refractivity contribution < 1.29 is 39.8 Å². The molecule has 0 radical (unpaired) electrons. The van der Waals surface area contributed by atoms with Gasteiger partial charge in [0.15, 0.2) is 6.29 Å². The third-order valence-electron chi connectivity index (χ3n) is 9.71. The standard InChI is InChI=1S/C38H75NO8/c1-3-5-7-9-11-13-14-15-16-17-18-20-21-23-25-27-32(41)31(30-46-38-37(45)36(44)35(43)33(29-40)47-38)39-34(42)28-26-24-22-19-12-10-8-6-4-2/h31-33,35-38,40-41,43-45H,3-30H2,1-2H3,(H,39,42)/t31-,32+,33+,35+,36?,37?,38+/m0/s1. The molecule has 6 N–H and O–H groups in total. The van der Waals surface area contributed by atoms with E-state index in [2.05, 4.69) is 19.2 Å². The highest BCUT2D eigenvalue weighted by atomic mass is 16.7. The molecule has 9 nitrogen and oxygen atoms in total. The van der Waals surface area contributed by atoms with Gasteiger partial charge >= 0.3 is 0 Å². The van der Waals surface area contributed by atoms with E-state index in [1.165, 1.54) is 116 Å². The smallest absolute Gasteiger partial charge is 0.220 e. The Balaban J connectivity index is 2.39. The Bertz CT molecular complexity index is 711. The summed E-state index contributed by atoms with van der Waals surface area (Å²) in [6, 6.07) is -0.708. The van der Waals surface area contributed by atoms with Crippen molar-refractivity contribution in [1.29, 1.82) is 0 Å². The maximum atomic E-state index is 12.8. The predicted octanol–water partition coefficient (Wildman–Crippen LogP) is 6.83. The van der Waals surface area contributed by atoms with Gasteiger partial charge in [0.1, 0.15) is 24.4 Å². The summed E-state index contributed by atoms with van der Waals surface area (Å²) in [5.41, 5.74) is 0. The molecular formula is C38H75NO8. The molecule has 280 valence electrons. The first kappa shape index (κ1) is 44.2.